The lowest BCUT2D eigenvalue weighted by Gasteiger charge is -2.30. The van der Waals surface area contributed by atoms with Crippen LogP contribution in [0.4, 0.5) is 4.39 Å². The van der Waals surface area contributed by atoms with E-state index in [0.717, 1.165) is 24.0 Å². The summed E-state index contributed by atoms with van der Waals surface area (Å²) in [5.41, 5.74) is 2.09. The van der Waals surface area contributed by atoms with Crippen molar-refractivity contribution in [1.82, 2.24) is 4.90 Å². The molecule has 1 unspecified atom stereocenters. The molecule has 25 heavy (non-hydrogen) atoms. The van der Waals surface area contributed by atoms with Gasteiger partial charge in [-0.2, -0.15) is 0 Å². The fourth-order valence-corrected chi connectivity index (χ4v) is 3.26. The molecule has 1 atom stereocenters. The number of ether oxygens (including phenoxy) is 1. The molecule has 0 radical (unpaired) electrons. The Hall–Kier alpha value is -2.69. The molecular weight excluding hydrogens is 321 g/mol. The van der Waals surface area contributed by atoms with Gasteiger partial charge in [-0.1, -0.05) is 30.3 Å². The fourth-order valence-electron chi connectivity index (χ4n) is 3.26. The van der Waals surface area contributed by atoms with Crippen LogP contribution in [0.2, 0.25) is 0 Å². The molecule has 5 heteroatoms. The van der Waals surface area contributed by atoms with Crippen molar-refractivity contribution in [3.8, 4) is 0 Å². The number of hydrogen-bond donors (Lipinski definition) is 0. The number of carbonyl (C=O) groups is 2. The van der Waals surface area contributed by atoms with Gasteiger partial charge in [-0.05, 0) is 42.2 Å². The molecule has 2 aromatic rings. The first-order valence-corrected chi connectivity index (χ1v) is 8.45. The average Bonchev–Trinajstić information content (AvgIpc) is 3.44. The predicted octanol–water partition coefficient (Wildman–Crippen LogP) is 3.10. The van der Waals surface area contributed by atoms with E-state index < -0.39 is 12.1 Å². The van der Waals surface area contributed by atoms with Gasteiger partial charge in [0.15, 0.2) is 6.10 Å². The largest absolute Gasteiger partial charge is 0.448 e. The Labute approximate surface area is 145 Å². The Morgan fingerprint density at radius 3 is 2.72 bits per heavy atom. The SMILES string of the molecule is O=C1OC(C(=O)N(Cc2cccc(F)c2)C2CC2)Cc2ccccc21. The van der Waals surface area contributed by atoms with Crippen molar-refractivity contribution in [2.45, 2.75) is 38.0 Å². The van der Waals surface area contributed by atoms with Crippen LogP contribution in [0, 0.1) is 5.82 Å². The Morgan fingerprint density at radius 1 is 1.16 bits per heavy atom. The molecule has 1 saturated carbocycles. The molecule has 1 heterocycles. The smallest absolute Gasteiger partial charge is 0.339 e. The summed E-state index contributed by atoms with van der Waals surface area (Å²) < 4.78 is 18.8. The number of rotatable bonds is 4. The van der Waals surface area contributed by atoms with Crippen molar-refractivity contribution in [3.05, 3.63) is 71.0 Å². The van der Waals surface area contributed by atoms with Crippen LogP contribution in [0.1, 0.15) is 34.3 Å². The number of cyclic esters (lactones) is 1. The molecule has 0 spiro atoms. The third kappa shape index (κ3) is 3.27. The van der Waals surface area contributed by atoms with E-state index in [1.54, 1.807) is 29.2 Å². The maximum Gasteiger partial charge on any atom is 0.339 e. The molecule has 128 valence electrons. The van der Waals surface area contributed by atoms with E-state index >= 15 is 0 Å². The van der Waals surface area contributed by atoms with Crippen LogP contribution in [0.25, 0.3) is 0 Å². The Kier molecular flexibility index (Phi) is 3.99. The molecule has 0 N–H and O–H groups in total. The van der Waals surface area contributed by atoms with Crippen LogP contribution >= 0.6 is 0 Å². The lowest BCUT2D eigenvalue weighted by Crippen LogP contribution is -2.45. The van der Waals surface area contributed by atoms with Crippen molar-refractivity contribution < 1.29 is 18.7 Å². The highest BCUT2D eigenvalue weighted by Crippen LogP contribution is 2.31. The number of hydrogen-bond acceptors (Lipinski definition) is 3. The highest BCUT2D eigenvalue weighted by molar-refractivity contribution is 5.95. The predicted molar refractivity (Wildman–Crippen MR) is 89.3 cm³/mol. The topological polar surface area (TPSA) is 46.6 Å². The minimum absolute atomic E-state index is 0.145. The highest BCUT2D eigenvalue weighted by Gasteiger charge is 2.39. The second-order valence-electron chi connectivity index (χ2n) is 6.58. The van der Waals surface area contributed by atoms with E-state index in [9.17, 15) is 14.0 Å². The van der Waals surface area contributed by atoms with Gasteiger partial charge < -0.3 is 9.64 Å². The first-order valence-electron chi connectivity index (χ1n) is 8.45. The van der Waals surface area contributed by atoms with Crippen LogP contribution in [0.5, 0.6) is 0 Å². The molecule has 4 nitrogen and oxygen atoms in total. The summed E-state index contributed by atoms with van der Waals surface area (Å²) in [6, 6.07) is 13.6. The summed E-state index contributed by atoms with van der Waals surface area (Å²) in [6.45, 7) is 0.330. The van der Waals surface area contributed by atoms with Crippen LogP contribution in [0.15, 0.2) is 48.5 Å². The minimum Gasteiger partial charge on any atom is -0.448 e. The van der Waals surface area contributed by atoms with Crippen molar-refractivity contribution in [1.29, 1.82) is 0 Å². The summed E-state index contributed by atoms with van der Waals surface area (Å²) in [5, 5.41) is 0. The first kappa shape index (κ1) is 15.8. The lowest BCUT2D eigenvalue weighted by molar-refractivity contribution is -0.142. The van der Waals surface area contributed by atoms with Gasteiger partial charge in [0, 0.05) is 19.0 Å². The van der Waals surface area contributed by atoms with E-state index in [0.29, 0.717) is 18.5 Å². The zero-order valence-corrected chi connectivity index (χ0v) is 13.7. The zero-order chi connectivity index (χ0) is 17.4. The third-order valence-corrected chi connectivity index (χ3v) is 4.68. The van der Waals surface area contributed by atoms with E-state index in [2.05, 4.69) is 0 Å². The summed E-state index contributed by atoms with van der Waals surface area (Å²) in [4.78, 5) is 26.9. The highest BCUT2D eigenvalue weighted by atomic mass is 19.1. The summed E-state index contributed by atoms with van der Waals surface area (Å²) in [6.07, 6.45) is 1.43. The third-order valence-electron chi connectivity index (χ3n) is 4.68. The van der Waals surface area contributed by atoms with E-state index in [1.807, 2.05) is 12.1 Å². The number of benzene rings is 2. The molecule has 2 aliphatic rings. The standard InChI is InChI=1S/C20H18FNO3/c21-15-6-3-4-13(10-15)12-22(16-8-9-16)19(23)18-11-14-5-1-2-7-17(14)20(24)25-18/h1-7,10,16,18H,8-9,11-12H2. The molecular formula is C20H18FNO3. The molecule has 2 aromatic carbocycles. The van der Waals surface area contributed by atoms with Crippen LogP contribution in [-0.2, 0) is 22.5 Å². The average molecular weight is 339 g/mol. The first-order chi connectivity index (χ1) is 12.1. The number of carbonyl (C=O) groups excluding carboxylic acids is 2. The number of nitrogens with zero attached hydrogens (tertiary/aromatic N) is 1. The zero-order valence-electron chi connectivity index (χ0n) is 13.7. The Bertz CT molecular complexity index is 831. The molecule has 0 aromatic heterocycles. The fraction of sp³-hybridized carbons (Fsp3) is 0.300. The van der Waals surface area contributed by atoms with Crippen molar-refractivity contribution in [2.75, 3.05) is 0 Å². The summed E-state index contributed by atoms with van der Waals surface area (Å²) in [7, 11) is 0. The lowest BCUT2D eigenvalue weighted by atomic mass is 9.98. The quantitative estimate of drug-likeness (QED) is 0.804. The van der Waals surface area contributed by atoms with Gasteiger partial charge in [-0.3, -0.25) is 4.79 Å². The molecule has 0 bridgehead atoms. The number of halogens is 1. The second kappa shape index (κ2) is 6.31. The molecule has 1 fully saturated rings. The second-order valence-corrected chi connectivity index (χ2v) is 6.58. The van der Waals surface area contributed by atoms with Gasteiger partial charge in [0.1, 0.15) is 5.82 Å². The van der Waals surface area contributed by atoms with Crippen LogP contribution in [0.3, 0.4) is 0 Å². The molecule has 4 rings (SSSR count). The summed E-state index contributed by atoms with van der Waals surface area (Å²) >= 11 is 0. The van der Waals surface area contributed by atoms with Crippen LogP contribution in [-0.4, -0.2) is 28.9 Å². The van der Waals surface area contributed by atoms with Crippen LogP contribution < -0.4 is 0 Å². The minimum atomic E-state index is -0.809. The maximum atomic E-state index is 13.4. The van der Waals surface area contributed by atoms with Crippen molar-refractivity contribution >= 4 is 11.9 Å². The van der Waals surface area contributed by atoms with E-state index in [-0.39, 0.29) is 17.8 Å². The van der Waals surface area contributed by atoms with Gasteiger partial charge in [0.05, 0.1) is 5.56 Å². The maximum absolute atomic E-state index is 13.4. The molecule has 0 saturated heterocycles. The number of amides is 1. The van der Waals surface area contributed by atoms with Gasteiger partial charge >= 0.3 is 5.97 Å². The molecule has 1 aliphatic carbocycles. The molecule has 1 aliphatic heterocycles. The monoisotopic (exact) mass is 339 g/mol. The normalized spacial score (nSPS) is 19.1. The number of fused-ring (bicyclic) bond motifs is 1. The number of esters is 1. The van der Waals surface area contributed by atoms with E-state index in [4.69, 9.17) is 4.74 Å². The van der Waals surface area contributed by atoms with E-state index in [1.165, 1.54) is 12.1 Å². The van der Waals surface area contributed by atoms with Gasteiger partial charge in [0.2, 0.25) is 0 Å². The summed E-state index contributed by atoms with van der Waals surface area (Å²) in [5.74, 6) is -0.977. The van der Waals surface area contributed by atoms with Gasteiger partial charge in [0.25, 0.3) is 5.91 Å². The Balaban J connectivity index is 1.55. The van der Waals surface area contributed by atoms with Gasteiger partial charge in [-0.25, -0.2) is 9.18 Å². The van der Waals surface area contributed by atoms with Gasteiger partial charge in [-0.15, -0.1) is 0 Å². The van der Waals surface area contributed by atoms with Crippen molar-refractivity contribution in [2.24, 2.45) is 0 Å². The molecule has 1 amide bonds. The van der Waals surface area contributed by atoms with Crippen molar-refractivity contribution in [3.63, 3.8) is 0 Å². The Morgan fingerprint density at radius 2 is 1.96 bits per heavy atom.